The Labute approximate surface area is 123 Å². The second-order valence-electron chi connectivity index (χ2n) is 6.29. The van der Waals surface area contributed by atoms with E-state index in [1.54, 1.807) is 0 Å². The van der Waals surface area contributed by atoms with E-state index in [9.17, 15) is 10.1 Å². The monoisotopic (exact) mass is 279 g/mol. The Balaban J connectivity index is 2.38. The fourth-order valence-electron chi connectivity index (χ4n) is 2.68. The van der Waals surface area contributed by atoms with Gasteiger partial charge in [0.1, 0.15) is 5.41 Å². The summed E-state index contributed by atoms with van der Waals surface area (Å²) >= 11 is 0. The van der Waals surface area contributed by atoms with Crippen molar-refractivity contribution in [3.63, 3.8) is 0 Å². The zero-order valence-electron chi connectivity index (χ0n) is 13.2. The van der Waals surface area contributed by atoms with Crippen LogP contribution in [0.3, 0.4) is 0 Å². The standard InChI is InChI=1S/C16H29N3O/c1-14(2)19(3)12-8-11-18-15(20)16(13-17)9-6-4-5-7-10-16/h14H,4-12H2,1-3H3,(H,18,20). The fourth-order valence-corrected chi connectivity index (χ4v) is 2.68. The van der Waals surface area contributed by atoms with Crippen LogP contribution in [-0.4, -0.2) is 37.0 Å². The molecule has 0 heterocycles. The van der Waals surface area contributed by atoms with Crippen molar-refractivity contribution < 1.29 is 4.79 Å². The summed E-state index contributed by atoms with van der Waals surface area (Å²) in [5.74, 6) is -0.0471. The van der Waals surface area contributed by atoms with Crippen molar-refractivity contribution in [3.05, 3.63) is 0 Å². The summed E-state index contributed by atoms with van der Waals surface area (Å²) in [6.07, 6.45) is 6.67. The third-order valence-corrected chi connectivity index (χ3v) is 4.46. The number of nitriles is 1. The van der Waals surface area contributed by atoms with Gasteiger partial charge in [-0.1, -0.05) is 25.7 Å². The molecule has 0 saturated heterocycles. The number of carbonyl (C=O) groups is 1. The average molecular weight is 279 g/mol. The van der Waals surface area contributed by atoms with Crippen molar-refractivity contribution in [1.29, 1.82) is 5.26 Å². The zero-order chi connectivity index (χ0) is 15.0. The van der Waals surface area contributed by atoms with Gasteiger partial charge in [-0.05, 0) is 46.7 Å². The summed E-state index contributed by atoms with van der Waals surface area (Å²) in [4.78, 5) is 14.6. The van der Waals surface area contributed by atoms with Crippen molar-refractivity contribution in [1.82, 2.24) is 10.2 Å². The molecule has 0 aliphatic heterocycles. The van der Waals surface area contributed by atoms with Crippen molar-refractivity contribution in [2.24, 2.45) is 5.41 Å². The van der Waals surface area contributed by atoms with E-state index in [0.717, 1.165) is 51.5 Å². The number of rotatable bonds is 6. The number of hydrogen-bond acceptors (Lipinski definition) is 3. The molecule has 1 aliphatic rings. The van der Waals surface area contributed by atoms with Crippen LogP contribution in [0, 0.1) is 16.7 Å². The van der Waals surface area contributed by atoms with Gasteiger partial charge in [0.15, 0.2) is 0 Å². The van der Waals surface area contributed by atoms with Crippen LogP contribution in [0.2, 0.25) is 0 Å². The molecule has 0 aromatic heterocycles. The van der Waals surface area contributed by atoms with Crippen LogP contribution in [0.25, 0.3) is 0 Å². The SMILES string of the molecule is CC(C)N(C)CCCNC(=O)C1(C#N)CCCCCC1. The van der Waals surface area contributed by atoms with Crippen LogP contribution in [-0.2, 0) is 4.79 Å². The highest BCUT2D eigenvalue weighted by Gasteiger charge is 2.38. The first-order valence-corrected chi connectivity index (χ1v) is 7.91. The molecule has 4 nitrogen and oxygen atoms in total. The molecular weight excluding hydrogens is 250 g/mol. The quantitative estimate of drug-likeness (QED) is 0.601. The van der Waals surface area contributed by atoms with E-state index in [4.69, 9.17) is 0 Å². The maximum atomic E-state index is 12.3. The third kappa shape index (κ3) is 4.79. The van der Waals surface area contributed by atoms with Gasteiger partial charge < -0.3 is 10.2 Å². The van der Waals surface area contributed by atoms with Crippen molar-refractivity contribution in [3.8, 4) is 6.07 Å². The molecule has 1 rings (SSSR count). The summed E-state index contributed by atoms with van der Waals surface area (Å²) in [5.41, 5.74) is -0.763. The second-order valence-corrected chi connectivity index (χ2v) is 6.29. The molecule has 0 bridgehead atoms. The summed E-state index contributed by atoms with van der Waals surface area (Å²) in [6.45, 7) is 5.96. The first-order valence-electron chi connectivity index (χ1n) is 7.91. The molecule has 114 valence electrons. The molecule has 0 spiro atoms. The summed E-state index contributed by atoms with van der Waals surface area (Å²) < 4.78 is 0. The minimum atomic E-state index is -0.763. The smallest absolute Gasteiger partial charge is 0.240 e. The van der Waals surface area contributed by atoms with Gasteiger partial charge in [0, 0.05) is 12.6 Å². The Morgan fingerprint density at radius 1 is 1.30 bits per heavy atom. The molecule has 1 N–H and O–H groups in total. The van der Waals surface area contributed by atoms with Gasteiger partial charge in [-0.2, -0.15) is 5.26 Å². The molecule has 1 aliphatic carbocycles. The van der Waals surface area contributed by atoms with Gasteiger partial charge in [-0.3, -0.25) is 4.79 Å². The molecule has 1 fully saturated rings. The molecule has 0 aromatic rings. The van der Waals surface area contributed by atoms with E-state index in [2.05, 4.69) is 37.2 Å². The lowest BCUT2D eigenvalue weighted by molar-refractivity contribution is -0.128. The Bertz CT molecular complexity index is 338. The minimum Gasteiger partial charge on any atom is -0.355 e. The van der Waals surface area contributed by atoms with Gasteiger partial charge in [0.05, 0.1) is 6.07 Å². The lowest BCUT2D eigenvalue weighted by atomic mass is 9.81. The predicted molar refractivity (Wildman–Crippen MR) is 81.1 cm³/mol. The zero-order valence-corrected chi connectivity index (χ0v) is 13.2. The molecule has 0 atom stereocenters. The number of nitrogens with zero attached hydrogens (tertiary/aromatic N) is 2. The Morgan fingerprint density at radius 3 is 2.40 bits per heavy atom. The largest absolute Gasteiger partial charge is 0.355 e. The molecule has 1 amide bonds. The maximum absolute atomic E-state index is 12.3. The molecule has 0 aromatic carbocycles. The van der Waals surface area contributed by atoms with Crippen molar-refractivity contribution in [2.75, 3.05) is 20.1 Å². The van der Waals surface area contributed by atoms with Crippen LogP contribution in [0.15, 0.2) is 0 Å². The van der Waals surface area contributed by atoms with Crippen LogP contribution >= 0.6 is 0 Å². The topological polar surface area (TPSA) is 56.1 Å². The number of carbonyl (C=O) groups excluding carboxylic acids is 1. The third-order valence-electron chi connectivity index (χ3n) is 4.46. The highest BCUT2D eigenvalue weighted by Crippen LogP contribution is 2.34. The van der Waals surface area contributed by atoms with E-state index in [0.29, 0.717) is 12.6 Å². The van der Waals surface area contributed by atoms with E-state index in [1.807, 2.05) is 0 Å². The molecule has 0 radical (unpaired) electrons. The van der Waals surface area contributed by atoms with Gasteiger partial charge in [0.25, 0.3) is 0 Å². The maximum Gasteiger partial charge on any atom is 0.240 e. The lowest BCUT2D eigenvalue weighted by Crippen LogP contribution is -2.41. The fraction of sp³-hybridized carbons (Fsp3) is 0.875. The van der Waals surface area contributed by atoms with E-state index < -0.39 is 5.41 Å². The number of nitrogens with one attached hydrogen (secondary N) is 1. The highest BCUT2D eigenvalue weighted by molar-refractivity contribution is 5.85. The average Bonchev–Trinajstić information content (AvgIpc) is 2.69. The van der Waals surface area contributed by atoms with Crippen molar-refractivity contribution in [2.45, 2.75) is 64.8 Å². The Hall–Kier alpha value is -1.08. The van der Waals surface area contributed by atoms with E-state index in [1.165, 1.54) is 0 Å². The van der Waals surface area contributed by atoms with Gasteiger partial charge >= 0.3 is 0 Å². The normalized spacial score (nSPS) is 18.6. The number of hydrogen-bond donors (Lipinski definition) is 1. The van der Waals surface area contributed by atoms with Gasteiger partial charge in [0.2, 0.25) is 5.91 Å². The van der Waals surface area contributed by atoms with Crippen LogP contribution in [0.4, 0.5) is 0 Å². The van der Waals surface area contributed by atoms with Gasteiger partial charge in [-0.15, -0.1) is 0 Å². The summed E-state index contributed by atoms with van der Waals surface area (Å²) in [6, 6.07) is 2.83. The van der Waals surface area contributed by atoms with Crippen LogP contribution < -0.4 is 5.32 Å². The van der Waals surface area contributed by atoms with Crippen LogP contribution in [0.5, 0.6) is 0 Å². The molecule has 20 heavy (non-hydrogen) atoms. The second kappa shape index (κ2) is 8.26. The Kier molecular flexibility index (Phi) is 7.01. The molecular formula is C16H29N3O. The minimum absolute atomic E-state index is 0.0471. The number of amides is 1. The van der Waals surface area contributed by atoms with Crippen molar-refractivity contribution >= 4 is 5.91 Å². The lowest BCUT2D eigenvalue weighted by Gasteiger charge is -2.24. The van der Waals surface area contributed by atoms with Crippen LogP contribution in [0.1, 0.15) is 58.8 Å². The molecule has 4 heteroatoms. The molecule has 1 saturated carbocycles. The Morgan fingerprint density at radius 2 is 1.90 bits per heavy atom. The highest BCUT2D eigenvalue weighted by atomic mass is 16.2. The first kappa shape index (κ1) is 17.0. The summed E-state index contributed by atoms with van der Waals surface area (Å²) in [5, 5.41) is 12.4. The molecule has 0 unspecified atom stereocenters. The van der Waals surface area contributed by atoms with Gasteiger partial charge in [-0.25, -0.2) is 0 Å². The predicted octanol–water partition coefficient (Wildman–Crippen LogP) is 2.70. The first-order chi connectivity index (χ1) is 9.52. The van der Waals surface area contributed by atoms with E-state index in [-0.39, 0.29) is 5.91 Å². The summed E-state index contributed by atoms with van der Waals surface area (Å²) in [7, 11) is 2.09. The van der Waals surface area contributed by atoms with E-state index >= 15 is 0 Å².